The summed E-state index contributed by atoms with van der Waals surface area (Å²) in [6, 6.07) is 8.48. The number of nitrogens with zero attached hydrogens (tertiary/aromatic N) is 2. The van der Waals surface area contributed by atoms with Crippen LogP contribution in [0.25, 0.3) is 0 Å². The van der Waals surface area contributed by atoms with E-state index in [4.69, 9.17) is 5.26 Å². The molecule has 1 aromatic carbocycles. The number of rotatable bonds is 5. The third-order valence-corrected chi connectivity index (χ3v) is 4.06. The van der Waals surface area contributed by atoms with Crippen LogP contribution in [0, 0.1) is 17.2 Å². The first-order valence-electron chi connectivity index (χ1n) is 7.18. The van der Waals surface area contributed by atoms with Gasteiger partial charge in [0.1, 0.15) is 0 Å². The number of anilines is 1. The summed E-state index contributed by atoms with van der Waals surface area (Å²) >= 11 is 0. The van der Waals surface area contributed by atoms with Gasteiger partial charge in [-0.05, 0) is 50.7 Å². The molecule has 100 valence electrons. The molecule has 3 rings (SSSR count). The maximum atomic E-state index is 9.96. The Morgan fingerprint density at radius 3 is 2.63 bits per heavy atom. The largest absolute Gasteiger partial charge is 0.389 e. The Kier molecular flexibility index (Phi) is 3.20. The molecule has 1 atom stereocenters. The van der Waals surface area contributed by atoms with Crippen LogP contribution in [0.1, 0.15) is 49.8 Å². The van der Waals surface area contributed by atoms with Crippen molar-refractivity contribution < 1.29 is 5.11 Å². The number of aliphatic hydroxyl groups is 1. The molecule has 1 aromatic rings. The van der Waals surface area contributed by atoms with Crippen LogP contribution in [0.5, 0.6) is 0 Å². The Bertz CT molecular complexity index is 510. The lowest BCUT2D eigenvalue weighted by Crippen LogP contribution is -2.29. The van der Waals surface area contributed by atoms with E-state index in [0.29, 0.717) is 11.6 Å². The second kappa shape index (κ2) is 4.86. The Balaban J connectivity index is 1.96. The average molecular weight is 256 g/mol. The quantitative estimate of drug-likeness (QED) is 0.881. The van der Waals surface area contributed by atoms with Crippen molar-refractivity contribution in [1.82, 2.24) is 0 Å². The van der Waals surface area contributed by atoms with E-state index in [1.807, 2.05) is 12.1 Å². The predicted octanol–water partition coefficient (Wildman–Crippen LogP) is 2.99. The summed E-state index contributed by atoms with van der Waals surface area (Å²) in [6.07, 6.45) is 4.64. The molecule has 3 nitrogen and oxygen atoms in total. The first kappa shape index (κ1) is 12.5. The zero-order valence-corrected chi connectivity index (χ0v) is 11.3. The lowest BCUT2D eigenvalue weighted by molar-refractivity contribution is 0.199. The van der Waals surface area contributed by atoms with Gasteiger partial charge in [-0.3, -0.25) is 0 Å². The van der Waals surface area contributed by atoms with Gasteiger partial charge in [-0.25, -0.2) is 0 Å². The van der Waals surface area contributed by atoms with E-state index in [-0.39, 0.29) is 0 Å². The van der Waals surface area contributed by atoms with Crippen molar-refractivity contribution >= 4 is 5.69 Å². The predicted molar refractivity (Wildman–Crippen MR) is 74.9 cm³/mol. The summed E-state index contributed by atoms with van der Waals surface area (Å²) in [7, 11) is 0. The summed E-state index contributed by atoms with van der Waals surface area (Å²) in [5.74, 6) is 0.813. The highest BCUT2D eigenvalue weighted by Crippen LogP contribution is 2.40. The molecule has 0 aliphatic heterocycles. The fraction of sp³-hybridized carbons (Fsp3) is 0.562. The molecule has 2 aliphatic rings. The maximum absolute atomic E-state index is 9.96. The smallest absolute Gasteiger partial charge is 0.0992 e. The van der Waals surface area contributed by atoms with Gasteiger partial charge in [0.05, 0.1) is 17.7 Å². The Labute approximate surface area is 114 Å². The molecule has 2 aliphatic carbocycles. The molecule has 0 amide bonds. The van der Waals surface area contributed by atoms with Crippen LogP contribution in [-0.2, 0) is 0 Å². The second-order valence-electron chi connectivity index (χ2n) is 5.89. The van der Waals surface area contributed by atoms with Gasteiger partial charge in [0.2, 0.25) is 0 Å². The number of nitriles is 1. The molecule has 1 N–H and O–H groups in total. The highest BCUT2D eigenvalue weighted by molar-refractivity contribution is 5.60. The van der Waals surface area contributed by atoms with Gasteiger partial charge in [0, 0.05) is 23.8 Å². The number of benzene rings is 1. The number of hydrogen-bond donors (Lipinski definition) is 1. The third kappa shape index (κ3) is 2.74. The van der Waals surface area contributed by atoms with Crippen molar-refractivity contribution in [3.8, 4) is 6.07 Å². The minimum absolute atomic E-state index is 0.483. The second-order valence-corrected chi connectivity index (χ2v) is 5.89. The van der Waals surface area contributed by atoms with Crippen LogP contribution < -0.4 is 4.90 Å². The van der Waals surface area contributed by atoms with Gasteiger partial charge in [-0.1, -0.05) is 6.07 Å². The van der Waals surface area contributed by atoms with Gasteiger partial charge in [-0.15, -0.1) is 0 Å². The molecule has 0 heterocycles. The van der Waals surface area contributed by atoms with E-state index in [0.717, 1.165) is 23.7 Å². The maximum Gasteiger partial charge on any atom is 0.0992 e. The fourth-order valence-corrected chi connectivity index (χ4v) is 2.62. The Morgan fingerprint density at radius 1 is 1.37 bits per heavy atom. The van der Waals surface area contributed by atoms with E-state index >= 15 is 0 Å². The van der Waals surface area contributed by atoms with Crippen LogP contribution in [-0.4, -0.2) is 17.7 Å². The van der Waals surface area contributed by atoms with Gasteiger partial charge in [0.15, 0.2) is 0 Å². The van der Waals surface area contributed by atoms with Gasteiger partial charge in [-0.2, -0.15) is 5.26 Å². The molecule has 0 saturated heterocycles. The summed E-state index contributed by atoms with van der Waals surface area (Å²) < 4.78 is 0. The van der Waals surface area contributed by atoms with Crippen LogP contribution >= 0.6 is 0 Å². The van der Waals surface area contributed by atoms with Crippen LogP contribution in [0.15, 0.2) is 18.2 Å². The van der Waals surface area contributed by atoms with Crippen molar-refractivity contribution in [3.63, 3.8) is 0 Å². The van der Waals surface area contributed by atoms with E-state index in [1.165, 1.54) is 25.7 Å². The molecule has 0 spiro atoms. The molecule has 2 saturated carbocycles. The van der Waals surface area contributed by atoms with Crippen molar-refractivity contribution in [1.29, 1.82) is 5.26 Å². The summed E-state index contributed by atoms with van der Waals surface area (Å²) in [4.78, 5) is 2.43. The fourth-order valence-electron chi connectivity index (χ4n) is 2.62. The van der Waals surface area contributed by atoms with Crippen LogP contribution in [0.3, 0.4) is 0 Å². The molecule has 0 aromatic heterocycles. The standard InChI is InChI=1S/C16H20N2O/c1-11(19)15-7-4-13(9-17)8-16(15)18(14-5-6-14)10-12-2-3-12/h4,7-8,11-12,14,19H,2-3,5-6,10H2,1H3/t11-/m0/s1. The van der Waals surface area contributed by atoms with Crippen LogP contribution in [0.4, 0.5) is 5.69 Å². The van der Waals surface area contributed by atoms with Gasteiger partial charge < -0.3 is 10.0 Å². The van der Waals surface area contributed by atoms with E-state index in [1.54, 1.807) is 13.0 Å². The lowest BCUT2D eigenvalue weighted by atomic mass is 10.0. The highest BCUT2D eigenvalue weighted by Gasteiger charge is 2.35. The normalized spacial score (nSPS) is 19.8. The van der Waals surface area contributed by atoms with Crippen molar-refractivity contribution in [3.05, 3.63) is 29.3 Å². The van der Waals surface area contributed by atoms with E-state index < -0.39 is 6.10 Å². The molecule has 0 bridgehead atoms. The molecular formula is C16H20N2O. The van der Waals surface area contributed by atoms with Gasteiger partial charge in [0.25, 0.3) is 0 Å². The van der Waals surface area contributed by atoms with E-state index in [9.17, 15) is 5.11 Å². The Hall–Kier alpha value is -1.53. The highest BCUT2D eigenvalue weighted by atomic mass is 16.3. The van der Waals surface area contributed by atoms with Gasteiger partial charge >= 0.3 is 0 Å². The van der Waals surface area contributed by atoms with Crippen molar-refractivity contribution in [2.75, 3.05) is 11.4 Å². The summed E-state index contributed by atoms with van der Waals surface area (Å²) in [5.41, 5.74) is 2.70. The van der Waals surface area contributed by atoms with Crippen LogP contribution in [0.2, 0.25) is 0 Å². The molecule has 2 fully saturated rings. The third-order valence-electron chi connectivity index (χ3n) is 4.06. The minimum Gasteiger partial charge on any atom is -0.389 e. The SMILES string of the molecule is C[C@H](O)c1ccc(C#N)cc1N(CC1CC1)C1CC1. The number of hydrogen-bond acceptors (Lipinski definition) is 3. The summed E-state index contributed by atoms with van der Waals surface area (Å²) in [6.45, 7) is 2.88. The average Bonchev–Trinajstić information content (AvgIpc) is 3.27. The molecule has 3 heteroatoms. The topological polar surface area (TPSA) is 47.3 Å². The van der Waals surface area contributed by atoms with E-state index in [2.05, 4.69) is 11.0 Å². The monoisotopic (exact) mass is 256 g/mol. The minimum atomic E-state index is -0.483. The zero-order valence-electron chi connectivity index (χ0n) is 11.3. The first-order valence-corrected chi connectivity index (χ1v) is 7.18. The summed E-state index contributed by atoms with van der Waals surface area (Å²) in [5, 5.41) is 19.1. The Morgan fingerprint density at radius 2 is 2.11 bits per heavy atom. The van der Waals surface area contributed by atoms with Crippen molar-refractivity contribution in [2.24, 2.45) is 5.92 Å². The molecule has 0 radical (unpaired) electrons. The lowest BCUT2D eigenvalue weighted by Gasteiger charge is -2.28. The molecular weight excluding hydrogens is 236 g/mol. The molecule has 19 heavy (non-hydrogen) atoms. The number of aliphatic hydroxyl groups excluding tert-OH is 1. The zero-order chi connectivity index (χ0) is 13.4. The first-order chi connectivity index (χ1) is 9.19. The molecule has 0 unspecified atom stereocenters. The van der Waals surface area contributed by atoms with Crippen molar-refractivity contribution in [2.45, 2.75) is 44.8 Å².